The zero-order valence-corrected chi connectivity index (χ0v) is 16.5. The molecule has 2 aliphatic rings. The number of nitrogens with one attached hydrogen (secondary N) is 1. The van der Waals surface area contributed by atoms with E-state index in [1.54, 1.807) is 18.2 Å². The van der Waals surface area contributed by atoms with E-state index in [1.807, 2.05) is 24.3 Å². The highest BCUT2D eigenvalue weighted by molar-refractivity contribution is 7.89. The maximum absolute atomic E-state index is 13.1. The average Bonchev–Trinajstić information content (AvgIpc) is 3.57. The first-order chi connectivity index (χ1) is 13.4. The monoisotopic (exact) mass is 399 g/mol. The van der Waals surface area contributed by atoms with Crippen LogP contribution in [-0.2, 0) is 23.0 Å². The number of fused-ring (bicyclic) bond motifs is 1. The van der Waals surface area contributed by atoms with E-state index >= 15 is 0 Å². The summed E-state index contributed by atoms with van der Waals surface area (Å²) in [5.74, 6) is 0.200. The first-order valence-electron chi connectivity index (χ1n) is 9.66. The summed E-state index contributed by atoms with van der Waals surface area (Å²) in [4.78, 5) is 12.6. The Morgan fingerprint density at radius 1 is 1.14 bits per heavy atom. The number of hydrogen-bond donors (Lipinski definition) is 2. The van der Waals surface area contributed by atoms with Gasteiger partial charge in [-0.25, -0.2) is 8.42 Å². The van der Waals surface area contributed by atoms with Gasteiger partial charge in [0.25, 0.3) is 5.91 Å². The van der Waals surface area contributed by atoms with E-state index in [2.05, 4.69) is 5.32 Å². The lowest BCUT2D eigenvalue weighted by atomic mass is 10.0. The molecule has 1 aliphatic heterocycles. The van der Waals surface area contributed by atoms with Crippen molar-refractivity contribution in [3.63, 3.8) is 0 Å². The molecule has 3 N–H and O–H groups in total. The van der Waals surface area contributed by atoms with Gasteiger partial charge in [-0.15, -0.1) is 0 Å². The quantitative estimate of drug-likeness (QED) is 0.776. The number of hydrogen-bond acceptors (Lipinski definition) is 4. The molecule has 28 heavy (non-hydrogen) atoms. The van der Waals surface area contributed by atoms with Crippen LogP contribution in [0.2, 0.25) is 0 Å². The molecule has 1 fully saturated rings. The summed E-state index contributed by atoms with van der Waals surface area (Å²) in [6.45, 7) is 1.20. The summed E-state index contributed by atoms with van der Waals surface area (Å²) in [5, 5.41) is 2.82. The maximum Gasteiger partial charge on any atom is 0.251 e. The van der Waals surface area contributed by atoms with Crippen LogP contribution in [0, 0.1) is 5.92 Å². The number of benzene rings is 2. The van der Waals surface area contributed by atoms with Crippen LogP contribution < -0.4 is 11.1 Å². The van der Waals surface area contributed by atoms with Gasteiger partial charge in [-0.05, 0) is 54.5 Å². The van der Waals surface area contributed by atoms with Gasteiger partial charge in [0.2, 0.25) is 10.0 Å². The minimum absolute atomic E-state index is 0.0377. The Bertz CT molecular complexity index is 986. The van der Waals surface area contributed by atoms with Crippen molar-refractivity contribution in [1.82, 2.24) is 9.62 Å². The Kier molecular flexibility index (Phi) is 5.23. The van der Waals surface area contributed by atoms with Crippen LogP contribution in [0.4, 0.5) is 0 Å². The topological polar surface area (TPSA) is 92.5 Å². The summed E-state index contributed by atoms with van der Waals surface area (Å²) >= 11 is 0. The molecule has 1 aliphatic carbocycles. The van der Waals surface area contributed by atoms with Crippen LogP contribution in [0.3, 0.4) is 0 Å². The maximum atomic E-state index is 13.1. The fraction of sp³-hybridized carbons (Fsp3) is 0.381. The SMILES string of the molecule is NC(CNC(=O)c1cccc(S(=O)(=O)N2CCc3ccccc3C2)c1)C1CC1. The largest absolute Gasteiger partial charge is 0.350 e. The van der Waals surface area contributed by atoms with Crippen molar-refractivity contribution in [2.45, 2.75) is 36.7 Å². The molecule has 1 saturated carbocycles. The lowest BCUT2D eigenvalue weighted by Gasteiger charge is -2.28. The molecule has 4 rings (SSSR count). The Labute approximate surface area is 165 Å². The molecule has 1 atom stereocenters. The van der Waals surface area contributed by atoms with Crippen molar-refractivity contribution in [3.8, 4) is 0 Å². The number of amides is 1. The minimum atomic E-state index is -3.67. The fourth-order valence-electron chi connectivity index (χ4n) is 3.63. The van der Waals surface area contributed by atoms with Crippen LogP contribution in [0.5, 0.6) is 0 Å². The number of carbonyl (C=O) groups excluding carboxylic acids is 1. The number of carbonyl (C=O) groups is 1. The molecule has 7 heteroatoms. The molecule has 1 amide bonds. The zero-order valence-electron chi connectivity index (χ0n) is 15.7. The van der Waals surface area contributed by atoms with E-state index in [0.717, 1.165) is 18.4 Å². The molecule has 1 unspecified atom stereocenters. The molecule has 0 bridgehead atoms. The third-order valence-electron chi connectivity index (χ3n) is 5.56. The predicted molar refractivity (Wildman–Crippen MR) is 107 cm³/mol. The lowest BCUT2D eigenvalue weighted by molar-refractivity contribution is 0.0950. The molecule has 1 heterocycles. The summed E-state index contributed by atoms with van der Waals surface area (Å²) in [7, 11) is -3.67. The first-order valence-corrected chi connectivity index (χ1v) is 11.1. The van der Waals surface area contributed by atoms with E-state index in [0.29, 0.717) is 37.5 Å². The van der Waals surface area contributed by atoms with Crippen molar-refractivity contribution < 1.29 is 13.2 Å². The molecular weight excluding hydrogens is 374 g/mol. The molecule has 0 spiro atoms. The lowest BCUT2D eigenvalue weighted by Crippen LogP contribution is -2.38. The van der Waals surface area contributed by atoms with Gasteiger partial charge >= 0.3 is 0 Å². The highest BCUT2D eigenvalue weighted by atomic mass is 32.2. The summed E-state index contributed by atoms with van der Waals surface area (Å²) < 4.78 is 27.7. The Balaban J connectivity index is 1.49. The normalized spacial score (nSPS) is 18.3. The average molecular weight is 400 g/mol. The van der Waals surface area contributed by atoms with Crippen LogP contribution in [0.25, 0.3) is 0 Å². The molecule has 148 valence electrons. The molecule has 6 nitrogen and oxygen atoms in total. The summed E-state index contributed by atoms with van der Waals surface area (Å²) in [6.07, 6.45) is 2.92. The Morgan fingerprint density at radius 3 is 2.64 bits per heavy atom. The second-order valence-corrected chi connectivity index (χ2v) is 9.53. The summed E-state index contributed by atoms with van der Waals surface area (Å²) in [6, 6.07) is 14.1. The molecule has 2 aromatic rings. The standard InChI is InChI=1S/C21H25N3O3S/c22-20(16-8-9-16)13-23-21(25)17-6-3-7-19(12-17)28(26,27)24-11-10-15-4-1-2-5-18(15)14-24/h1-7,12,16,20H,8-11,13-14,22H2,(H,23,25). The van der Waals surface area contributed by atoms with Crippen LogP contribution in [0.1, 0.15) is 34.3 Å². The molecular formula is C21H25N3O3S. The number of sulfonamides is 1. The smallest absolute Gasteiger partial charge is 0.251 e. The number of nitrogens with two attached hydrogens (primary N) is 1. The second kappa shape index (κ2) is 7.66. The Hall–Kier alpha value is -2.22. The third kappa shape index (κ3) is 3.97. The van der Waals surface area contributed by atoms with Gasteiger partial charge < -0.3 is 11.1 Å². The van der Waals surface area contributed by atoms with Gasteiger partial charge in [0.05, 0.1) is 4.90 Å². The first kappa shape index (κ1) is 19.1. The summed E-state index contributed by atoms with van der Waals surface area (Å²) in [5.41, 5.74) is 8.58. The third-order valence-corrected chi connectivity index (χ3v) is 7.40. The number of rotatable bonds is 6. The van der Waals surface area contributed by atoms with Crippen LogP contribution in [-0.4, -0.2) is 37.8 Å². The van der Waals surface area contributed by atoms with Crippen LogP contribution >= 0.6 is 0 Å². The highest BCUT2D eigenvalue weighted by Crippen LogP contribution is 2.31. The van der Waals surface area contributed by atoms with E-state index in [9.17, 15) is 13.2 Å². The van der Waals surface area contributed by atoms with Crippen molar-refractivity contribution in [2.75, 3.05) is 13.1 Å². The molecule has 2 aromatic carbocycles. The van der Waals surface area contributed by atoms with E-state index in [1.165, 1.54) is 15.9 Å². The molecule has 0 aromatic heterocycles. The number of nitrogens with zero attached hydrogens (tertiary/aromatic N) is 1. The second-order valence-electron chi connectivity index (χ2n) is 7.60. The van der Waals surface area contributed by atoms with Crippen LogP contribution in [0.15, 0.2) is 53.4 Å². The van der Waals surface area contributed by atoms with E-state index in [-0.39, 0.29) is 16.8 Å². The Morgan fingerprint density at radius 2 is 1.89 bits per heavy atom. The van der Waals surface area contributed by atoms with Crippen molar-refractivity contribution in [2.24, 2.45) is 11.7 Å². The van der Waals surface area contributed by atoms with Crippen molar-refractivity contribution in [1.29, 1.82) is 0 Å². The zero-order chi connectivity index (χ0) is 19.7. The van der Waals surface area contributed by atoms with Gasteiger partial charge in [0, 0.05) is 31.2 Å². The van der Waals surface area contributed by atoms with Crippen molar-refractivity contribution in [3.05, 3.63) is 65.2 Å². The van der Waals surface area contributed by atoms with E-state index in [4.69, 9.17) is 5.73 Å². The van der Waals surface area contributed by atoms with Gasteiger partial charge in [-0.2, -0.15) is 4.31 Å². The van der Waals surface area contributed by atoms with Gasteiger partial charge in [-0.3, -0.25) is 4.79 Å². The molecule has 0 radical (unpaired) electrons. The minimum Gasteiger partial charge on any atom is -0.350 e. The highest BCUT2D eigenvalue weighted by Gasteiger charge is 2.30. The fourth-order valence-corrected chi connectivity index (χ4v) is 5.09. The van der Waals surface area contributed by atoms with Gasteiger partial charge in [0.1, 0.15) is 0 Å². The van der Waals surface area contributed by atoms with E-state index < -0.39 is 10.0 Å². The van der Waals surface area contributed by atoms with Gasteiger partial charge in [-0.1, -0.05) is 30.3 Å². The van der Waals surface area contributed by atoms with Gasteiger partial charge in [0.15, 0.2) is 0 Å². The molecule has 0 saturated heterocycles. The van der Waals surface area contributed by atoms with Crippen molar-refractivity contribution >= 4 is 15.9 Å². The predicted octanol–water partition coefficient (Wildman–Crippen LogP) is 1.90.